The number of carbonyl (C=O) groups is 1. The van der Waals surface area contributed by atoms with Crippen molar-refractivity contribution < 1.29 is 4.79 Å². The van der Waals surface area contributed by atoms with Crippen molar-refractivity contribution in [2.45, 2.75) is 5.41 Å². The number of ketones is 1. The fraction of sp³-hybridized carbons (Fsp3) is 0.0238. The van der Waals surface area contributed by atoms with Crippen molar-refractivity contribution >= 4 is 5.78 Å². The highest BCUT2D eigenvalue weighted by atomic mass is 16.1. The van der Waals surface area contributed by atoms with Gasteiger partial charge in [0, 0.05) is 23.5 Å². The molecule has 3 nitrogen and oxygen atoms in total. The van der Waals surface area contributed by atoms with E-state index < -0.39 is 5.41 Å². The lowest BCUT2D eigenvalue weighted by Crippen LogP contribution is -2.26. The number of hydrogen-bond acceptors (Lipinski definition) is 3. The molecular weight excluding hydrogens is 548 g/mol. The van der Waals surface area contributed by atoms with Crippen molar-refractivity contribution in [2.24, 2.45) is 0 Å². The molecule has 3 heteroatoms. The summed E-state index contributed by atoms with van der Waals surface area (Å²) < 4.78 is 0. The molecule has 0 N–H and O–H groups in total. The van der Waals surface area contributed by atoms with Gasteiger partial charge in [-0.2, -0.15) is 0 Å². The van der Waals surface area contributed by atoms with Gasteiger partial charge in [0.15, 0.2) is 5.78 Å². The van der Waals surface area contributed by atoms with Crippen LogP contribution in [0.15, 0.2) is 158 Å². The quantitative estimate of drug-likeness (QED) is 0.197. The molecule has 0 unspecified atom stereocenters. The van der Waals surface area contributed by atoms with Gasteiger partial charge in [-0.05, 0) is 73.8 Å². The second-order valence-corrected chi connectivity index (χ2v) is 11.7. The van der Waals surface area contributed by atoms with Crippen molar-refractivity contribution in [3.8, 4) is 44.8 Å². The number of benzene rings is 5. The molecule has 0 amide bonds. The van der Waals surface area contributed by atoms with Gasteiger partial charge in [-0.1, -0.05) is 127 Å². The lowest BCUT2D eigenvalue weighted by Gasteiger charge is -2.29. The van der Waals surface area contributed by atoms with Crippen molar-refractivity contribution in [1.29, 1.82) is 0 Å². The largest absolute Gasteiger partial charge is 0.289 e. The number of aromatic nitrogens is 2. The van der Waals surface area contributed by atoms with Gasteiger partial charge < -0.3 is 0 Å². The van der Waals surface area contributed by atoms with Crippen LogP contribution in [0.2, 0.25) is 0 Å². The first-order valence-electron chi connectivity index (χ1n) is 15.2. The SMILES string of the molecule is O=C(c1ccccc1)c1ccc(-c2cccc(-c3cccc4c3-c3ccccc3C43c4cccnc4-c4ncccc43)c2)cc1. The lowest BCUT2D eigenvalue weighted by molar-refractivity contribution is 0.103. The Bertz CT molecular complexity index is 2240. The first-order valence-corrected chi connectivity index (χ1v) is 15.2. The molecule has 2 aliphatic rings. The molecule has 0 bridgehead atoms. The predicted octanol–water partition coefficient (Wildman–Crippen LogP) is 9.39. The zero-order chi connectivity index (χ0) is 30.0. The summed E-state index contributed by atoms with van der Waals surface area (Å²) in [7, 11) is 0. The molecule has 2 aliphatic carbocycles. The molecule has 9 rings (SSSR count). The van der Waals surface area contributed by atoms with E-state index in [4.69, 9.17) is 9.97 Å². The van der Waals surface area contributed by atoms with Crippen LogP contribution in [-0.2, 0) is 5.41 Å². The minimum Gasteiger partial charge on any atom is -0.289 e. The van der Waals surface area contributed by atoms with E-state index in [1.165, 1.54) is 38.9 Å². The minimum absolute atomic E-state index is 0.0313. The Balaban J connectivity index is 1.19. The van der Waals surface area contributed by atoms with Gasteiger partial charge in [0.1, 0.15) is 0 Å². The van der Waals surface area contributed by atoms with Gasteiger partial charge in [0.2, 0.25) is 0 Å². The third-order valence-electron chi connectivity index (χ3n) is 9.41. The van der Waals surface area contributed by atoms with Gasteiger partial charge in [-0.3, -0.25) is 14.8 Å². The number of nitrogens with zero attached hydrogens (tertiary/aromatic N) is 2. The molecular formula is C42H26N2O. The van der Waals surface area contributed by atoms with Crippen LogP contribution in [0.5, 0.6) is 0 Å². The Morgan fingerprint density at radius 3 is 1.78 bits per heavy atom. The average molecular weight is 575 g/mol. The molecule has 5 aromatic carbocycles. The molecule has 0 saturated carbocycles. The predicted molar refractivity (Wildman–Crippen MR) is 179 cm³/mol. The van der Waals surface area contributed by atoms with Crippen LogP contribution in [0.3, 0.4) is 0 Å². The fourth-order valence-electron chi connectivity index (χ4n) is 7.52. The van der Waals surface area contributed by atoms with Crippen LogP contribution >= 0.6 is 0 Å². The lowest BCUT2D eigenvalue weighted by atomic mass is 9.71. The Labute approximate surface area is 261 Å². The third-order valence-corrected chi connectivity index (χ3v) is 9.41. The highest BCUT2D eigenvalue weighted by molar-refractivity contribution is 6.09. The molecule has 0 atom stereocenters. The topological polar surface area (TPSA) is 42.9 Å². The van der Waals surface area contributed by atoms with E-state index in [9.17, 15) is 4.79 Å². The number of fused-ring (bicyclic) bond motifs is 10. The summed E-state index contributed by atoms with van der Waals surface area (Å²) in [5.41, 5.74) is 14.7. The smallest absolute Gasteiger partial charge is 0.193 e. The van der Waals surface area contributed by atoms with Crippen molar-refractivity contribution in [3.05, 3.63) is 191 Å². The summed E-state index contributed by atoms with van der Waals surface area (Å²) in [6.45, 7) is 0. The fourth-order valence-corrected chi connectivity index (χ4v) is 7.52. The number of hydrogen-bond donors (Lipinski definition) is 0. The minimum atomic E-state index is -0.478. The van der Waals surface area contributed by atoms with E-state index in [2.05, 4.69) is 78.9 Å². The molecule has 2 heterocycles. The van der Waals surface area contributed by atoms with Crippen molar-refractivity contribution in [2.75, 3.05) is 0 Å². The number of pyridine rings is 2. The van der Waals surface area contributed by atoms with E-state index in [1.807, 2.05) is 79.1 Å². The second kappa shape index (κ2) is 9.80. The van der Waals surface area contributed by atoms with Crippen molar-refractivity contribution in [3.63, 3.8) is 0 Å². The highest BCUT2D eigenvalue weighted by Crippen LogP contribution is 2.63. The van der Waals surface area contributed by atoms with E-state index in [0.717, 1.165) is 28.1 Å². The summed E-state index contributed by atoms with van der Waals surface area (Å²) >= 11 is 0. The van der Waals surface area contributed by atoms with Crippen LogP contribution in [0.4, 0.5) is 0 Å². The zero-order valence-corrected chi connectivity index (χ0v) is 24.3. The summed E-state index contributed by atoms with van der Waals surface area (Å²) in [4.78, 5) is 22.7. The molecule has 45 heavy (non-hydrogen) atoms. The first kappa shape index (κ1) is 25.6. The van der Waals surface area contributed by atoms with Gasteiger partial charge in [0.25, 0.3) is 0 Å². The second-order valence-electron chi connectivity index (χ2n) is 11.7. The van der Waals surface area contributed by atoms with Crippen LogP contribution < -0.4 is 0 Å². The molecule has 0 radical (unpaired) electrons. The Kier molecular flexibility index (Phi) is 5.56. The molecule has 210 valence electrons. The monoisotopic (exact) mass is 574 g/mol. The molecule has 1 spiro atoms. The molecule has 7 aromatic rings. The Morgan fingerprint density at radius 2 is 1.02 bits per heavy atom. The molecule has 0 saturated heterocycles. The van der Waals surface area contributed by atoms with Crippen LogP contribution in [0.1, 0.15) is 38.2 Å². The van der Waals surface area contributed by atoms with E-state index in [1.54, 1.807) is 0 Å². The van der Waals surface area contributed by atoms with Gasteiger partial charge in [0.05, 0.1) is 16.8 Å². The number of rotatable bonds is 4. The average Bonchev–Trinajstić information content (AvgIpc) is 3.59. The van der Waals surface area contributed by atoms with Crippen LogP contribution in [0.25, 0.3) is 44.8 Å². The summed E-state index contributed by atoms with van der Waals surface area (Å²) in [5, 5.41) is 0. The van der Waals surface area contributed by atoms with E-state index in [-0.39, 0.29) is 5.78 Å². The third kappa shape index (κ3) is 3.61. The maximum Gasteiger partial charge on any atom is 0.193 e. The van der Waals surface area contributed by atoms with Gasteiger partial charge >= 0.3 is 0 Å². The summed E-state index contributed by atoms with van der Waals surface area (Å²) in [5.74, 6) is 0.0313. The Hall–Kier alpha value is -5.93. The zero-order valence-electron chi connectivity index (χ0n) is 24.3. The Morgan fingerprint density at radius 1 is 0.444 bits per heavy atom. The normalized spacial score (nSPS) is 13.2. The van der Waals surface area contributed by atoms with E-state index in [0.29, 0.717) is 11.1 Å². The molecule has 0 aliphatic heterocycles. The maximum atomic E-state index is 13.0. The summed E-state index contributed by atoms with van der Waals surface area (Å²) in [6.07, 6.45) is 3.73. The molecule has 0 fully saturated rings. The van der Waals surface area contributed by atoms with Crippen LogP contribution in [-0.4, -0.2) is 15.8 Å². The standard InChI is InChI=1S/C42H26N2O/c45-41(28-10-2-1-3-11-28)29-22-20-27(21-23-29)30-12-6-13-31(26-30)32-15-7-17-35-38(32)33-14-4-5-16-34(33)42(35)36-18-8-24-43-39(36)40-37(42)19-9-25-44-40/h1-26H. The van der Waals surface area contributed by atoms with E-state index >= 15 is 0 Å². The first-order chi connectivity index (χ1) is 22.2. The van der Waals surface area contributed by atoms with Crippen LogP contribution in [0, 0.1) is 0 Å². The van der Waals surface area contributed by atoms with Gasteiger partial charge in [-0.15, -0.1) is 0 Å². The number of carbonyl (C=O) groups excluding carboxylic acids is 1. The van der Waals surface area contributed by atoms with Gasteiger partial charge in [-0.25, -0.2) is 0 Å². The highest BCUT2D eigenvalue weighted by Gasteiger charge is 2.53. The molecule has 2 aromatic heterocycles. The van der Waals surface area contributed by atoms with Crippen molar-refractivity contribution in [1.82, 2.24) is 9.97 Å². The summed E-state index contributed by atoms with van der Waals surface area (Å²) in [6, 6.07) is 50.1. The maximum absolute atomic E-state index is 13.0.